The minimum Gasteiger partial charge on any atom is -0.368 e. The van der Waals surface area contributed by atoms with Gasteiger partial charge in [0.15, 0.2) is 0 Å². The molecule has 0 unspecified atom stereocenters. The van der Waals surface area contributed by atoms with Crippen LogP contribution in [0.15, 0.2) is 53.3 Å². The van der Waals surface area contributed by atoms with E-state index in [4.69, 9.17) is 5.26 Å². The van der Waals surface area contributed by atoms with Crippen molar-refractivity contribution in [3.63, 3.8) is 0 Å². The summed E-state index contributed by atoms with van der Waals surface area (Å²) in [6.45, 7) is 2.73. The van der Waals surface area contributed by atoms with Gasteiger partial charge in [0.05, 0.1) is 11.6 Å². The summed E-state index contributed by atoms with van der Waals surface area (Å²) in [7, 11) is 0. The van der Waals surface area contributed by atoms with Crippen LogP contribution in [0.1, 0.15) is 17.7 Å². The number of H-pyrrole nitrogens is 1. The van der Waals surface area contributed by atoms with Crippen molar-refractivity contribution in [2.24, 2.45) is 0 Å². The van der Waals surface area contributed by atoms with Crippen molar-refractivity contribution in [3.05, 3.63) is 76.0 Å². The van der Waals surface area contributed by atoms with E-state index >= 15 is 0 Å². The molecule has 0 aliphatic carbocycles. The minimum absolute atomic E-state index is 0.0505. The van der Waals surface area contributed by atoms with Crippen LogP contribution in [0.3, 0.4) is 0 Å². The lowest BCUT2D eigenvalue weighted by atomic mass is 10.1. The molecule has 1 fully saturated rings. The monoisotopic (exact) mass is 404 g/mol. The van der Waals surface area contributed by atoms with Crippen molar-refractivity contribution in [1.29, 1.82) is 5.26 Å². The first kappa shape index (κ1) is 19.6. The summed E-state index contributed by atoms with van der Waals surface area (Å²) >= 11 is 0. The third kappa shape index (κ3) is 4.18. The number of nitrogens with zero attached hydrogens (tertiary/aromatic N) is 3. The quantitative estimate of drug-likeness (QED) is 0.725. The largest absolute Gasteiger partial charge is 0.368 e. The normalized spacial score (nSPS) is 14.0. The predicted molar refractivity (Wildman–Crippen MR) is 113 cm³/mol. The summed E-state index contributed by atoms with van der Waals surface area (Å²) in [6.07, 6.45) is 0.733. The molecule has 4 rings (SSSR count). The van der Waals surface area contributed by atoms with Crippen molar-refractivity contribution >= 4 is 22.4 Å². The van der Waals surface area contributed by atoms with E-state index in [2.05, 4.69) is 16.0 Å². The van der Waals surface area contributed by atoms with E-state index in [1.54, 1.807) is 24.3 Å². The average Bonchev–Trinajstić information content (AvgIpc) is 2.78. The number of pyridine rings is 1. The molecule has 6 nitrogen and oxygen atoms in total. The van der Waals surface area contributed by atoms with Crippen LogP contribution in [0.4, 0.5) is 10.1 Å². The summed E-state index contributed by atoms with van der Waals surface area (Å²) in [5.41, 5.74) is 2.00. The number of fused-ring (bicyclic) bond motifs is 1. The number of hydrogen-bond donors (Lipinski definition) is 1. The van der Waals surface area contributed by atoms with E-state index in [9.17, 15) is 14.0 Å². The first-order chi connectivity index (χ1) is 14.5. The van der Waals surface area contributed by atoms with Crippen LogP contribution in [0, 0.1) is 17.1 Å². The molecule has 30 heavy (non-hydrogen) atoms. The van der Waals surface area contributed by atoms with E-state index in [1.807, 2.05) is 17.0 Å². The van der Waals surface area contributed by atoms with Crippen molar-refractivity contribution in [3.8, 4) is 6.07 Å². The molecule has 152 valence electrons. The first-order valence-electron chi connectivity index (χ1n) is 9.88. The Hall–Kier alpha value is -3.66. The topological polar surface area (TPSA) is 80.2 Å². The average molecular weight is 404 g/mol. The molecule has 0 bridgehead atoms. The highest BCUT2D eigenvalue weighted by Gasteiger charge is 2.21. The number of amides is 1. The third-order valence-corrected chi connectivity index (χ3v) is 5.47. The van der Waals surface area contributed by atoms with E-state index in [0.29, 0.717) is 48.0 Å². The van der Waals surface area contributed by atoms with Gasteiger partial charge >= 0.3 is 0 Å². The molecule has 1 N–H and O–H groups in total. The number of anilines is 1. The fourth-order valence-electron chi connectivity index (χ4n) is 3.78. The van der Waals surface area contributed by atoms with Gasteiger partial charge in [0.25, 0.3) is 5.56 Å². The number of benzene rings is 2. The summed E-state index contributed by atoms with van der Waals surface area (Å²) in [4.78, 5) is 31.6. The zero-order chi connectivity index (χ0) is 21.1. The fraction of sp³-hybridized carbons (Fsp3) is 0.261. The highest BCUT2D eigenvalue weighted by atomic mass is 19.1. The van der Waals surface area contributed by atoms with Gasteiger partial charge in [0.1, 0.15) is 5.82 Å². The molecule has 1 saturated heterocycles. The number of nitriles is 1. The van der Waals surface area contributed by atoms with Crippen LogP contribution in [0.5, 0.6) is 0 Å². The second-order valence-corrected chi connectivity index (χ2v) is 7.38. The van der Waals surface area contributed by atoms with E-state index in [0.717, 1.165) is 18.8 Å². The van der Waals surface area contributed by atoms with Crippen LogP contribution in [-0.4, -0.2) is 42.0 Å². The smallest absolute Gasteiger partial charge is 0.256 e. The van der Waals surface area contributed by atoms with Crippen LogP contribution in [-0.2, 0) is 11.2 Å². The lowest BCUT2D eigenvalue weighted by Gasteiger charge is -2.36. The number of hydrogen-bond acceptors (Lipinski definition) is 4. The molecule has 2 heterocycles. The summed E-state index contributed by atoms with van der Waals surface area (Å²) < 4.78 is 13.3. The summed E-state index contributed by atoms with van der Waals surface area (Å²) in [5.74, 6) is -0.398. The molecule has 1 aliphatic heterocycles. The number of aromatic amines is 1. The molecule has 0 saturated carbocycles. The number of nitrogens with one attached hydrogen (secondary N) is 1. The Morgan fingerprint density at radius 2 is 1.80 bits per heavy atom. The minimum atomic E-state index is -0.448. The second-order valence-electron chi connectivity index (χ2n) is 7.38. The highest BCUT2D eigenvalue weighted by Crippen LogP contribution is 2.18. The van der Waals surface area contributed by atoms with Gasteiger partial charge in [-0.05, 0) is 54.3 Å². The van der Waals surface area contributed by atoms with Crippen LogP contribution < -0.4 is 10.5 Å². The Morgan fingerprint density at radius 3 is 2.50 bits per heavy atom. The Morgan fingerprint density at radius 1 is 1.07 bits per heavy atom. The van der Waals surface area contributed by atoms with Gasteiger partial charge in [0.2, 0.25) is 5.91 Å². The van der Waals surface area contributed by atoms with E-state index in [-0.39, 0.29) is 11.5 Å². The van der Waals surface area contributed by atoms with Gasteiger partial charge in [0, 0.05) is 49.4 Å². The van der Waals surface area contributed by atoms with Crippen molar-refractivity contribution in [2.75, 3.05) is 31.1 Å². The number of carbonyl (C=O) groups excluding carboxylic acids is 1. The highest BCUT2D eigenvalue weighted by molar-refractivity contribution is 5.82. The fourth-order valence-corrected chi connectivity index (χ4v) is 3.78. The lowest BCUT2D eigenvalue weighted by Crippen LogP contribution is -2.48. The van der Waals surface area contributed by atoms with Gasteiger partial charge < -0.3 is 14.8 Å². The first-order valence-corrected chi connectivity index (χ1v) is 9.88. The number of aryl methyl sites for hydroxylation is 1. The van der Waals surface area contributed by atoms with Gasteiger partial charge in [-0.1, -0.05) is 6.07 Å². The predicted octanol–water partition coefficient (Wildman–Crippen LogP) is 2.82. The maximum Gasteiger partial charge on any atom is 0.256 e. The van der Waals surface area contributed by atoms with E-state index in [1.165, 1.54) is 12.1 Å². The molecular weight excluding hydrogens is 383 g/mol. The van der Waals surface area contributed by atoms with Gasteiger partial charge in [-0.15, -0.1) is 0 Å². The Labute approximate surface area is 173 Å². The third-order valence-electron chi connectivity index (χ3n) is 5.47. The van der Waals surface area contributed by atoms with Gasteiger partial charge in [-0.2, -0.15) is 5.26 Å². The number of rotatable bonds is 4. The molecule has 0 radical (unpaired) electrons. The molecular formula is C23H21FN4O2. The Balaban J connectivity index is 1.34. The Kier molecular flexibility index (Phi) is 5.48. The molecule has 1 amide bonds. The standard InChI is InChI=1S/C23H21FN4O2/c24-18-4-3-17-13-19(26-23(30)21(17)14-18)5-8-22(29)28-11-9-27(10-12-28)20-6-1-16(15-25)2-7-20/h1-4,6-7,13-14H,5,8-12H2,(H,26,30). The summed E-state index contributed by atoms with van der Waals surface area (Å²) in [5, 5.41) is 9.88. The second kappa shape index (κ2) is 8.37. The molecule has 3 aromatic rings. The maximum atomic E-state index is 13.3. The van der Waals surface area contributed by atoms with Crippen molar-refractivity contribution in [1.82, 2.24) is 9.88 Å². The van der Waals surface area contributed by atoms with Gasteiger partial charge in [-0.25, -0.2) is 4.39 Å². The molecule has 0 atom stereocenters. The molecule has 2 aromatic carbocycles. The molecule has 1 aromatic heterocycles. The zero-order valence-electron chi connectivity index (χ0n) is 16.4. The van der Waals surface area contributed by atoms with Crippen LogP contribution in [0.2, 0.25) is 0 Å². The number of piperazine rings is 1. The molecule has 0 spiro atoms. The van der Waals surface area contributed by atoms with Crippen molar-refractivity contribution < 1.29 is 9.18 Å². The Bertz CT molecular complexity index is 1170. The van der Waals surface area contributed by atoms with Crippen LogP contribution in [0.25, 0.3) is 10.8 Å². The maximum absolute atomic E-state index is 13.3. The summed E-state index contributed by atoms with van der Waals surface area (Å²) in [6, 6.07) is 15.5. The zero-order valence-corrected chi connectivity index (χ0v) is 16.4. The number of halogens is 1. The van der Waals surface area contributed by atoms with Gasteiger partial charge in [-0.3, -0.25) is 9.59 Å². The number of aromatic nitrogens is 1. The SMILES string of the molecule is N#Cc1ccc(N2CCN(C(=O)CCc3cc4ccc(F)cc4c(=O)[nH]3)CC2)cc1. The number of carbonyl (C=O) groups is 1. The molecule has 1 aliphatic rings. The molecule has 7 heteroatoms. The van der Waals surface area contributed by atoms with Crippen LogP contribution >= 0.6 is 0 Å². The van der Waals surface area contributed by atoms with Crippen molar-refractivity contribution in [2.45, 2.75) is 12.8 Å². The van der Waals surface area contributed by atoms with E-state index < -0.39 is 5.82 Å². The lowest BCUT2D eigenvalue weighted by molar-refractivity contribution is -0.131.